The van der Waals surface area contributed by atoms with Crippen LogP contribution in [0.15, 0.2) is 33.7 Å². The SMILES string of the molecule is COc1cccc(S(=O)(=O)N2CCC3(CC2)CC(Cc2nc(C4CC4)no2)CCO3)c1. The van der Waals surface area contributed by atoms with Crippen molar-refractivity contribution in [1.29, 1.82) is 0 Å². The monoisotopic (exact) mass is 447 g/mol. The molecule has 2 saturated heterocycles. The highest BCUT2D eigenvalue weighted by atomic mass is 32.2. The summed E-state index contributed by atoms with van der Waals surface area (Å²) in [4.78, 5) is 4.85. The van der Waals surface area contributed by atoms with Gasteiger partial charge in [0.05, 0.1) is 17.6 Å². The lowest BCUT2D eigenvalue weighted by molar-refractivity contribution is -0.121. The zero-order valence-electron chi connectivity index (χ0n) is 17.8. The molecule has 3 fully saturated rings. The van der Waals surface area contributed by atoms with Crippen molar-refractivity contribution in [2.75, 3.05) is 26.8 Å². The maximum absolute atomic E-state index is 13.1. The Labute approximate surface area is 183 Å². The summed E-state index contributed by atoms with van der Waals surface area (Å²) in [6, 6.07) is 6.65. The second kappa shape index (κ2) is 8.18. The van der Waals surface area contributed by atoms with E-state index in [1.165, 1.54) is 7.11 Å². The van der Waals surface area contributed by atoms with Crippen molar-refractivity contribution in [2.45, 2.75) is 61.4 Å². The van der Waals surface area contributed by atoms with Crippen molar-refractivity contribution in [2.24, 2.45) is 5.92 Å². The summed E-state index contributed by atoms with van der Waals surface area (Å²) in [5.74, 6) is 3.03. The summed E-state index contributed by atoms with van der Waals surface area (Å²) < 4.78 is 44.6. The molecule has 0 amide bonds. The number of hydrogen-bond acceptors (Lipinski definition) is 7. The molecule has 0 radical (unpaired) electrons. The largest absolute Gasteiger partial charge is 0.497 e. The number of nitrogens with zero attached hydrogens (tertiary/aromatic N) is 3. The van der Waals surface area contributed by atoms with Gasteiger partial charge in [0.2, 0.25) is 15.9 Å². The molecule has 1 atom stereocenters. The quantitative estimate of drug-likeness (QED) is 0.671. The molecule has 0 bridgehead atoms. The van der Waals surface area contributed by atoms with Crippen LogP contribution in [0.4, 0.5) is 0 Å². The Kier molecular flexibility index (Phi) is 5.52. The topological polar surface area (TPSA) is 94.8 Å². The molecule has 3 heterocycles. The predicted molar refractivity (Wildman–Crippen MR) is 112 cm³/mol. The van der Waals surface area contributed by atoms with E-state index in [4.69, 9.17) is 14.0 Å². The first-order chi connectivity index (χ1) is 15.0. The predicted octanol–water partition coefficient (Wildman–Crippen LogP) is 3.15. The summed E-state index contributed by atoms with van der Waals surface area (Å²) in [7, 11) is -2.01. The van der Waals surface area contributed by atoms with Crippen molar-refractivity contribution >= 4 is 10.0 Å². The Morgan fingerprint density at radius 3 is 2.77 bits per heavy atom. The van der Waals surface area contributed by atoms with Crippen molar-refractivity contribution in [3.05, 3.63) is 36.0 Å². The van der Waals surface area contributed by atoms with E-state index >= 15 is 0 Å². The molecule has 31 heavy (non-hydrogen) atoms. The number of hydrogen-bond donors (Lipinski definition) is 0. The van der Waals surface area contributed by atoms with Crippen LogP contribution >= 0.6 is 0 Å². The lowest BCUT2D eigenvalue weighted by Gasteiger charge is -2.45. The van der Waals surface area contributed by atoms with E-state index in [1.54, 1.807) is 28.6 Å². The van der Waals surface area contributed by atoms with Crippen molar-refractivity contribution < 1.29 is 22.4 Å². The van der Waals surface area contributed by atoms with E-state index in [0.717, 1.165) is 43.8 Å². The maximum Gasteiger partial charge on any atom is 0.243 e. The van der Waals surface area contributed by atoms with Crippen LogP contribution < -0.4 is 4.74 Å². The average Bonchev–Trinajstić information content (AvgIpc) is 3.53. The third kappa shape index (κ3) is 4.36. The Hall–Kier alpha value is -1.97. The van der Waals surface area contributed by atoms with Gasteiger partial charge < -0.3 is 14.0 Å². The molecule has 1 aromatic carbocycles. The molecule has 2 aromatic rings. The highest BCUT2D eigenvalue weighted by Crippen LogP contribution is 2.41. The van der Waals surface area contributed by atoms with E-state index in [2.05, 4.69) is 10.1 Å². The van der Waals surface area contributed by atoms with E-state index in [0.29, 0.717) is 50.1 Å². The van der Waals surface area contributed by atoms with E-state index in [9.17, 15) is 8.42 Å². The third-order valence-corrected chi connectivity index (χ3v) is 8.69. The third-order valence-electron chi connectivity index (χ3n) is 6.80. The number of rotatable bonds is 6. The first-order valence-electron chi connectivity index (χ1n) is 11.1. The van der Waals surface area contributed by atoms with Gasteiger partial charge in [-0.05, 0) is 56.6 Å². The number of benzene rings is 1. The fourth-order valence-corrected chi connectivity index (χ4v) is 6.28. The van der Waals surface area contributed by atoms with Gasteiger partial charge in [0, 0.05) is 38.1 Å². The summed E-state index contributed by atoms with van der Waals surface area (Å²) in [5.41, 5.74) is -0.261. The van der Waals surface area contributed by atoms with E-state index < -0.39 is 10.0 Å². The fourth-order valence-electron chi connectivity index (χ4n) is 4.80. The fraction of sp³-hybridized carbons (Fsp3) is 0.636. The van der Waals surface area contributed by atoms with Crippen LogP contribution in [0.2, 0.25) is 0 Å². The summed E-state index contributed by atoms with van der Waals surface area (Å²) in [6.45, 7) is 1.61. The van der Waals surface area contributed by atoms with Gasteiger partial charge in [0.1, 0.15) is 5.75 Å². The van der Waals surface area contributed by atoms with Crippen LogP contribution in [0.5, 0.6) is 5.75 Å². The number of sulfonamides is 1. The Morgan fingerprint density at radius 1 is 1.23 bits per heavy atom. The Morgan fingerprint density at radius 2 is 2.03 bits per heavy atom. The molecular weight excluding hydrogens is 418 g/mol. The first-order valence-corrected chi connectivity index (χ1v) is 12.5. The Bertz CT molecular complexity index is 1030. The number of methoxy groups -OCH3 is 1. The molecule has 1 spiro atoms. The van der Waals surface area contributed by atoms with Crippen molar-refractivity contribution in [3.63, 3.8) is 0 Å². The molecule has 1 aliphatic carbocycles. The normalized spacial score (nSPS) is 24.4. The molecule has 9 heteroatoms. The van der Waals surface area contributed by atoms with Crippen molar-refractivity contribution in [3.8, 4) is 5.75 Å². The summed E-state index contributed by atoms with van der Waals surface area (Å²) >= 11 is 0. The summed E-state index contributed by atoms with van der Waals surface area (Å²) in [6.07, 6.45) is 6.36. The summed E-state index contributed by atoms with van der Waals surface area (Å²) in [5, 5.41) is 4.13. The first kappa shape index (κ1) is 20.9. The maximum atomic E-state index is 13.1. The van der Waals surface area contributed by atoms with Gasteiger partial charge in [0.25, 0.3) is 0 Å². The zero-order chi connectivity index (χ0) is 21.5. The number of piperidine rings is 1. The lowest BCUT2D eigenvalue weighted by atomic mass is 9.79. The molecule has 8 nitrogen and oxygen atoms in total. The molecule has 1 aromatic heterocycles. The van der Waals surface area contributed by atoms with Gasteiger partial charge in [-0.15, -0.1) is 0 Å². The van der Waals surface area contributed by atoms with Gasteiger partial charge in [-0.2, -0.15) is 9.29 Å². The van der Waals surface area contributed by atoms with Crippen LogP contribution in [0.3, 0.4) is 0 Å². The molecule has 1 unspecified atom stereocenters. The van der Waals surface area contributed by atoms with Gasteiger partial charge in [-0.1, -0.05) is 11.2 Å². The zero-order valence-corrected chi connectivity index (χ0v) is 18.6. The van der Waals surface area contributed by atoms with Crippen molar-refractivity contribution in [1.82, 2.24) is 14.4 Å². The number of aromatic nitrogens is 2. The van der Waals surface area contributed by atoms with Crippen LogP contribution in [0.1, 0.15) is 56.2 Å². The standard InChI is InChI=1S/C22H29N3O5S/c1-28-18-3-2-4-19(14-18)31(26,27)25-10-8-22(9-11-25)15-16(7-12-29-22)13-20-23-21(24-30-20)17-5-6-17/h2-4,14,16-17H,5-13,15H2,1H3. The minimum atomic E-state index is -3.55. The number of ether oxygens (including phenoxy) is 2. The molecular formula is C22H29N3O5S. The minimum Gasteiger partial charge on any atom is -0.497 e. The molecule has 3 aliphatic rings. The van der Waals surface area contributed by atoms with E-state index in [-0.39, 0.29) is 10.5 Å². The smallest absolute Gasteiger partial charge is 0.243 e. The van der Waals surface area contributed by atoms with Crippen LogP contribution in [0.25, 0.3) is 0 Å². The van der Waals surface area contributed by atoms with E-state index in [1.807, 2.05) is 0 Å². The molecule has 1 saturated carbocycles. The van der Waals surface area contributed by atoms with Gasteiger partial charge >= 0.3 is 0 Å². The van der Waals surface area contributed by atoms with Gasteiger partial charge in [-0.3, -0.25) is 0 Å². The van der Waals surface area contributed by atoms with Crippen LogP contribution in [-0.4, -0.2) is 55.3 Å². The lowest BCUT2D eigenvalue weighted by Crippen LogP contribution is -2.50. The molecule has 2 aliphatic heterocycles. The second-order valence-electron chi connectivity index (χ2n) is 9.00. The molecule has 0 N–H and O–H groups in total. The van der Waals surface area contributed by atoms with Crippen LogP contribution in [-0.2, 0) is 21.2 Å². The average molecular weight is 448 g/mol. The van der Waals surface area contributed by atoms with Gasteiger partial charge in [-0.25, -0.2) is 8.42 Å². The second-order valence-corrected chi connectivity index (χ2v) is 10.9. The van der Waals surface area contributed by atoms with Gasteiger partial charge in [0.15, 0.2) is 5.82 Å². The highest BCUT2D eigenvalue weighted by Gasteiger charge is 2.43. The highest BCUT2D eigenvalue weighted by molar-refractivity contribution is 7.89. The molecule has 168 valence electrons. The van der Waals surface area contributed by atoms with Crippen LogP contribution in [0, 0.1) is 5.92 Å². The molecule has 5 rings (SSSR count). The Balaban J connectivity index is 1.22. The minimum absolute atomic E-state index is 0.261.